The van der Waals surface area contributed by atoms with Crippen LogP contribution in [0, 0.1) is 6.92 Å². The van der Waals surface area contributed by atoms with Crippen molar-refractivity contribution in [2.45, 2.75) is 53.1 Å². The summed E-state index contributed by atoms with van der Waals surface area (Å²) in [5, 5.41) is 2.70. The first-order valence-electron chi connectivity index (χ1n) is 8.96. The molecule has 0 aliphatic rings. The summed E-state index contributed by atoms with van der Waals surface area (Å²) in [6.07, 6.45) is 1.86. The van der Waals surface area contributed by atoms with Crippen LogP contribution in [0.2, 0.25) is 0 Å². The van der Waals surface area contributed by atoms with Gasteiger partial charge in [-0.25, -0.2) is 4.79 Å². The Labute approximate surface area is 159 Å². The monoisotopic (exact) mass is 370 g/mol. The molecule has 0 saturated carbocycles. The standard InChI is InChI=1S/C21H26N2O4/c1-6-8-17(24)26-16-11-12-22-18(15-10-7-9-14(2)13-15)19(16)23-20(25)27-21(3,4)5/h7,9-13H,6,8H2,1-5H3,(H,23,25). The number of nitrogens with zero attached hydrogens (tertiary/aromatic N) is 1. The lowest BCUT2D eigenvalue weighted by Gasteiger charge is -2.21. The van der Waals surface area contributed by atoms with Crippen LogP contribution in [-0.4, -0.2) is 22.6 Å². The van der Waals surface area contributed by atoms with Crippen molar-refractivity contribution in [2.24, 2.45) is 0 Å². The number of pyridine rings is 1. The molecule has 6 heteroatoms. The molecule has 1 aromatic heterocycles. The van der Waals surface area contributed by atoms with Crippen LogP contribution in [-0.2, 0) is 9.53 Å². The predicted molar refractivity (Wildman–Crippen MR) is 105 cm³/mol. The molecule has 144 valence electrons. The van der Waals surface area contributed by atoms with E-state index in [1.807, 2.05) is 38.1 Å². The number of ether oxygens (including phenoxy) is 2. The highest BCUT2D eigenvalue weighted by Crippen LogP contribution is 2.35. The van der Waals surface area contributed by atoms with Gasteiger partial charge in [0, 0.05) is 24.2 Å². The lowest BCUT2D eigenvalue weighted by atomic mass is 10.1. The number of aryl methyl sites for hydroxylation is 1. The van der Waals surface area contributed by atoms with Gasteiger partial charge in [0.1, 0.15) is 11.3 Å². The number of aromatic nitrogens is 1. The summed E-state index contributed by atoms with van der Waals surface area (Å²) in [4.78, 5) is 28.7. The van der Waals surface area contributed by atoms with Gasteiger partial charge < -0.3 is 9.47 Å². The van der Waals surface area contributed by atoms with E-state index in [0.717, 1.165) is 11.1 Å². The van der Waals surface area contributed by atoms with E-state index in [1.54, 1.807) is 33.0 Å². The van der Waals surface area contributed by atoms with Crippen molar-refractivity contribution in [2.75, 3.05) is 5.32 Å². The second kappa shape index (κ2) is 8.66. The fourth-order valence-electron chi connectivity index (χ4n) is 2.44. The minimum absolute atomic E-state index is 0.241. The SMILES string of the molecule is CCCC(=O)Oc1ccnc(-c2cccc(C)c2)c1NC(=O)OC(C)(C)C. The van der Waals surface area contributed by atoms with E-state index in [9.17, 15) is 9.59 Å². The number of esters is 1. The van der Waals surface area contributed by atoms with Crippen LogP contribution in [0.5, 0.6) is 5.75 Å². The topological polar surface area (TPSA) is 77.5 Å². The molecular formula is C21H26N2O4. The lowest BCUT2D eigenvalue weighted by Crippen LogP contribution is -2.27. The Balaban J connectivity index is 2.46. The number of carbonyl (C=O) groups excluding carboxylic acids is 2. The number of rotatable bonds is 5. The number of benzene rings is 1. The number of nitrogens with one attached hydrogen (secondary N) is 1. The Hall–Kier alpha value is -2.89. The molecule has 1 amide bonds. The van der Waals surface area contributed by atoms with Crippen LogP contribution in [0.15, 0.2) is 36.5 Å². The summed E-state index contributed by atoms with van der Waals surface area (Å²) in [5.41, 5.74) is 2.00. The van der Waals surface area contributed by atoms with E-state index in [4.69, 9.17) is 9.47 Å². The Bertz CT molecular complexity index is 825. The molecule has 2 rings (SSSR count). The van der Waals surface area contributed by atoms with Crippen molar-refractivity contribution >= 4 is 17.7 Å². The van der Waals surface area contributed by atoms with Gasteiger partial charge in [-0.1, -0.05) is 30.7 Å². The average Bonchev–Trinajstić information content (AvgIpc) is 2.55. The molecule has 1 aromatic carbocycles. The molecule has 2 aromatic rings. The third kappa shape index (κ3) is 6.09. The first kappa shape index (κ1) is 20.4. The first-order chi connectivity index (χ1) is 12.7. The molecule has 0 unspecified atom stereocenters. The normalized spacial score (nSPS) is 11.0. The number of hydrogen-bond donors (Lipinski definition) is 1. The van der Waals surface area contributed by atoms with E-state index >= 15 is 0 Å². The highest BCUT2D eigenvalue weighted by atomic mass is 16.6. The van der Waals surface area contributed by atoms with Gasteiger partial charge in [0.05, 0.1) is 5.69 Å². The van der Waals surface area contributed by atoms with E-state index in [2.05, 4.69) is 10.3 Å². The molecule has 0 aliphatic heterocycles. The summed E-state index contributed by atoms with van der Waals surface area (Å²) >= 11 is 0. The van der Waals surface area contributed by atoms with E-state index in [1.165, 1.54) is 0 Å². The maximum Gasteiger partial charge on any atom is 0.412 e. The largest absolute Gasteiger partial charge is 0.444 e. The lowest BCUT2D eigenvalue weighted by molar-refractivity contribution is -0.134. The Morgan fingerprint density at radius 3 is 2.56 bits per heavy atom. The number of amides is 1. The maximum absolute atomic E-state index is 12.3. The quantitative estimate of drug-likeness (QED) is 0.740. The number of carbonyl (C=O) groups is 2. The van der Waals surface area contributed by atoms with Gasteiger partial charge in [-0.2, -0.15) is 0 Å². The van der Waals surface area contributed by atoms with Crippen LogP contribution < -0.4 is 10.1 Å². The molecule has 27 heavy (non-hydrogen) atoms. The number of hydrogen-bond acceptors (Lipinski definition) is 5. The molecule has 1 N–H and O–H groups in total. The van der Waals surface area contributed by atoms with E-state index in [0.29, 0.717) is 17.8 Å². The first-order valence-corrected chi connectivity index (χ1v) is 8.96. The summed E-state index contributed by atoms with van der Waals surface area (Å²) in [5.74, 6) is -0.128. The molecule has 0 saturated heterocycles. The molecule has 6 nitrogen and oxygen atoms in total. The van der Waals surface area contributed by atoms with Gasteiger partial charge in [-0.15, -0.1) is 0 Å². The summed E-state index contributed by atoms with van der Waals surface area (Å²) in [6, 6.07) is 9.25. The smallest absolute Gasteiger partial charge is 0.412 e. The van der Waals surface area contributed by atoms with Crippen LogP contribution in [0.1, 0.15) is 46.1 Å². The zero-order valence-corrected chi connectivity index (χ0v) is 16.5. The van der Waals surface area contributed by atoms with Crippen molar-refractivity contribution in [1.82, 2.24) is 4.98 Å². The maximum atomic E-state index is 12.3. The van der Waals surface area contributed by atoms with Crippen LogP contribution >= 0.6 is 0 Å². The zero-order valence-electron chi connectivity index (χ0n) is 16.5. The van der Waals surface area contributed by atoms with Crippen molar-refractivity contribution in [3.8, 4) is 17.0 Å². The zero-order chi connectivity index (χ0) is 20.0. The molecule has 0 bridgehead atoms. The van der Waals surface area contributed by atoms with E-state index in [-0.39, 0.29) is 18.1 Å². The van der Waals surface area contributed by atoms with Crippen molar-refractivity contribution in [3.05, 3.63) is 42.1 Å². The van der Waals surface area contributed by atoms with Crippen molar-refractivity contribution in [3.63, 3.8) is 0 Å². The molecular weight excluding hydrogens is 344 g/mol. The third-order valence-corrected chi connectivity index (χ3v) is 3.51. The minimum Gasteiger partial charge on any atom is -0.444 e. The van der Waals surface area contributed by atoms with Crippen molar-refractivity contribution < 1.29 is 19.1 Å². The Morgan fingerprint density at radius 2 is 1.93 bits per heavy atom. The Morgan fingerprint density at radius 1 is 1.19 bits per heavy atom. The van der Waals surface area contributed by atoms with Gasteiger partial charge in [0.2, 0.25) is 0 Å². The Kier molecular flexibility index (Phi) is 6.55. The molecule has 0 atom stereocenters. The average molecular weight is 370 g/mol. The fraction of sp³-hybridized carbons (Fsp3) is 0.381. The molecule has 0 radical (unpaired) electrons. The highest BCUT2D eigenvalue weighted by Gasteiger charge is 2.21. The van der Waals surface area contributed by atoms with Gasteiger partial charge in [0.15, 0.2) is 5.75 Å². The summed E-state index contributed by atoms with van der Waals surface area (Å²) in [7, 11) is 0. The number of anilines is 1. The van der Waals surface area contributed by atoms with Gasteiger partial charge >= 0.3 is 12.1 Å². The molecule has 0 aliphatic carbocycles. The van der Waals surface area contributed by atoms with Crippen molar-refractivity contribution in [1.29, 1.82) is 0 Å². The molecule has 0 fully saturated rings. The van der Waals surface area contributed by atoms with Gasteiger partial charge in [-0.05, 0) is 40.2 Å². The van der Waals surface area contributed by atoms with Gasteiger partial charge in [0.25, 0.3) is 0 Å². The molecule has 1 heterocycles. The summed E-state index contributed by atoms with van der Waals surface area (Å²) < 4.78 is 10.8. The molecule has 0 spiro atoms. The van der Waals surface area contributed by atoms with Gasteiger partial charge in [-0.3, -0.25) is 15.1 Å². The van der Waals surface area contributed by atoms with E-state index < -0.39 is 11.7 Å². The fourth-order valence-corrected chi connectivity index (χ4v) is 2.44. The third-order valence-electron chi connectivity index (χ3n) is 3.51. The second-order valence-electron chi connectivity index (χ2n) is 7.25. The minimum atomic E-state index is -0.658. The highest BCUT2D eigenvalue weighted by molar-refractivity contribution is 5.94. The van der Waals surface area contributed by atoms with Crippen LogP contribution in [0.3, 0.4) is 0 Å². The summed E-state index contributed by atoms with van der Waals surface area (Å²) in [6.45, 7) is 9.19. The van der Waals surface area contributed by atoms with Crippen LogP contribution in [0.4, 0.5) is 10.5 Å². The second-order valence-corrected chi connectivity index (χ2v) is 7.25. The predicted octanol–water partition coefficient (Wildman–Crippen LogP) is 5.11. The van der Waals surface area contributed by atoms with Crippen LogP contribution in [0.25, 0.3) is 11.3 Å².